The van der Waals surface area contributed by atoms with Crippen molar-refractivity contribution in [2.24, 2.45) is 0 Å². The van der Waals surface area contributed by atoms with Gasteiger partial charge in [-0.15, -0.1) is 0 Å². The minimum Gasteiger partial charge on any atom is -0.398 e. The van der Waals surface area contributed by atoms with Crippen molar-refractivity contribution >= 4 is 27.5 Å². The molecule has 1 aliphatic carbocycles. The van der Waals surface area contributed by atoms with E-state index in [4.69, 9.17) is 5.73 Å². The molecule has 0 aromatic heterocycles. The Morgan fingerprint density at radius 2 is 2.05 bits per heavy atom. The molecule has 0 saturated heterocycles. The minimum absolute atomic E-state index is 0.178. The molecule has 104 valence electrons. The third-order valence-electron chi connectivity index (χ3n) is 2.84. The zero-order chi connectivity index (χ0) is 14.2. The Hall–Kier alpha value is -1.24. The van der Waals surface area contributed by atoms with Crippen molar-refractivity contribution in [1.29, 1.82) is 0 Å². The fraction of sp³-hybridized carbons (Fsp3) is 0.417. The van der Waals surface area contributed by atoms with Gasteiger partial charge in [-0.3, -0.25) is 4.79 Å². The molecule has 0 heterocycles. The Kier molecular flexibility index (Phi) is 3.75. The lowest BCUT2D eigenvalue weighted by Gasteiger charge is -2.24. The summed E-state index contributed by atoms with van der Waals surface area (Å²) in [6, 6.07) is 4.10. The molecule has 1 saturated carbocycles. The molecule has 0 unspecified atom stereocenters. The average molecular weight is 337 g/mol. The van der Waals surface area contributed by atoms with E-state index in [9.17, 15) is 18.0 Å². The van der Waals surface area contributed by atoms with E-state index < -0.39 is 18.6 Å². The van der Waals surface area contributed by atoms with Gasteiger partial charge in [0.1, 0.15) is 6.54 Å². The van der Waals surface area contributed by atoms with Gasteiger partial charge in [0, 0.05) is 21.8 Å². The van der Waals surface area contributed by atoms with Gasteiger partial charge in [0.05, 0.1) is 0 Å². The van der Waals surface area contributed by atoms with Crippen LogP contribution in [-0.4, -0.2) is 29.6 Å². The van der Waals surface area contributed by atoms with Gasteiger partial charge in [-0.25, -0.2) is 0 Å². The highest BCUT2D eigenvalue weighted by molar-refractivity contribution is 9.10. The number of alkyl halides is 3. The van der Waals surface area contributed by atoms with Crippen LogP contribution in [0.2, 0.25) is 0 Å². The van der Waals surface area contributed by atoms with Crippen LogP contribution in [0.3, 0.4) is 0 Å². The van der Waals surface area contributed by atoms with Crippen LogP contribution in [0.4, 0.5) is 18.9 Å². The van der Waals surface area contributed by atoms with E-state index in [1.807, 2.05) is 0 Å². The van der Waals surface area contributed by atoms with E-state index in [1.54, 1.807) is 6.07 Å². The van der Waals surface area contributed by atoms with Crippen LogP contribution in [0, 0.1) is 0 Å². The Balaban J connectivity index is 2.21. The van der Waals surface area contributed by atoms with Crippen molar-refractivity contribution < 1.29 is 18.0 Å². The number of nitrogens with zero attached hydrogens (tertiary/aromatic N) is 1. The topological polar surface area (TPSA) is 46.3 Å². The number of nitrogens with two attached hydrogens (primary N) is 1. The Labute approximate surface area is 116 Å². The predicted molar refractivity (Wildman–Crippen MR) is 68.7 cm³/mol. The number of carbonyl (C=O) groups is 1. The second kappa shape index (κ2) is 5.03. The van der Waals surface area contributed by atoms with Crippen molar-refractivity contribution in [3.63, 3.8) is 0 Å². The number of hydrogen-bond acceptors (Lipinski definition) is 2. The summed E-state index contributed by atoms with van der Waals surface area (Å²) in [7, 11) is 0. The van der Waals surface area contributed by atoms with Gasteiger partial charge < -0.3 is 10.6 Å². The monoisotopic (exact) mass is 336 g/mol. The van der Waals surface area contributed by atoms with E-state index in [0.717, 1.165) is 4.90 Å². The molecule has 0 atom stereocenters. The molecule has 1 aromatic rings. The van der Waals surface area contributed by atoms with Crippen LogP contribution in [0.1, 0.15) is 23.2 Å². The fourth-order valence-corrected chi connectivity index (χ4v) is 2.04. The molecule has 3 nitrogen and oxygen atoms in total. The number of halogens is 4. The van der Waals surface area contributed by atoms with Crippen molar-refractivity contribution in [2.45, 2.75) is 25.1 Å². The lowest BCUT2D eigenvalue weighted by Crippen LogP contribution is -2.40. The molecule has 1 fully saturated rings. The van der Waals surface area contributed by atoms with E-state index in [1.165, 1.54) is 12.1 Å². The van der Waals surface area contributed by atoms with E-state index in [0.29, 0.717) is 23.0 Å². The van der Waals surface area contributed by atoms with Crippen LogP contribution in [0.25, 0.3) is 0 Å². The van der Waals surface area contributed by atoms with Crippen LogP contribution < -0.4 is 5.73 Å². The zero-order valence-electron chi connectivity index (χ0n) is 9.88. The van der Waals surface area contributed by atoms with Crippen LogP contribution in [0.5, 0.6) is 0 Å². The quantitative estimate of drug-likeness (QED) is 0.861. The van der Waals surface area contributed by atoms with E-state index in [2.05, 4.69) is 15.9 Å². The first-order chi connectivity index (χ1) is 8.78. The van der Waals surface area contributed by atoms with Gasteiger partial charge in [-0.2, -0.15) is 13.2 Å². The van der Waals surface area contributed by atoms with Crippen LogP contribution >= 0.6 is 15.9 Å². The molecular weight excluding hydrogens is 325 g/mol. The van der Waals surface area contributed by atoms with Gasteiger partial charge in [-0.1, -0.05) is 0 Å². The zero-order valence-corrected chi connectivity index (χ0v) is 11.5. The summed E-state index contributed by atoms with van der Waals surface area (Å²) in [6.07, 6.45) is -3.15. The molecular formula is C12H12BrF3N2O. The lowest BCUT2D eigenvalue weighted by atomic mass is 10.1. The number of carbonyl (C=O) groups excluding carboxylic acids is 1. The number of amides is 1. The maximum Gasteiger partial charge on any atom is 0.406 e. The van der Waals surface area contributed by atoms with Crippen molar-refractivity contribution in [3.05, 3.63) is 28.2 Å². The fourth-order valence-electron chi connectivity index (χ4n) is 1.79. The normalized spacial score (nSPS) is 15.4. The molecule has 7 heteroatoms. The standard InChI is InChI=1S/C12H12BrF3N2O/c13-9-4-1-7(5-10(9)17)11(19)18(8-2-3-8)6-12(14,15)16/h1,4-5,8H,2-3,6,17H2. The molecule has 19 heavy (non-hydrogen) atoms. The molecule has 0 radical (unpaired) electrons. The molecule has 0 bridgehead atoms. The molecule has 1 amide bonds. The molecule has 1 aromatic carbocycles. The summed E-state index contributed by atoms with van der Waals surface area (Å²) >= 11 is 3.18. The number of benzene rings is 1. The second-order valence-corrected chi connectivity index (χ2v) is 5.37. The second-order valence-electron chi connectivity index (χ2n) is 4.52. The largest absolute Gasteiger partial charge is 0.406 e. The maximum absolute atomic E-state index is 12.5. The number of anilines is 1. The SMILES string of the molecule is Nc1cc(C(=O)N(CC(F)(F)F)C2CC2)ccc1Br. The minimum atomic E-state index is -4.39. The summed E-state index contributed by atoms with van der Waals surface area (Å²) in [5.74, 6) is -0.626. The first-order valence-corrected chi connectivity index (χ1v) is 6.50. The molecule has 2 N–H and O–H groups in total. The third-order valence-corrected chi connectivity index (χ3v) is 3.56. The summed E-state index contributed by atoms with van der Waals surface area (Å²) in [5, 5.41) is 0. The summed E-state index contributed by atoms with van der Waals surface area (Å²) in [5.41, 5.74) is 6.14. The predicted octanol–water partition coefficient (Wildman–Crippen LogP) is 3.20. The van der Waals surface area contributed by atoms with Gasteiger partial charge in [0.2, 0.25) is 0 Å². The van der Waals surface area contributed by atoms with Gasteiger partial charge in [-0.05, 0) is 47.0 Å². The van der Waals surface area contributed by atoms with Crippen LogP contribution in [0.15, 0.2) is 22.7 Å². The van der Waals surface area contributed by atoms with Crippen molar-refractivity contribution in [3.8, 4) is 0 Å². The summed E-state index contributed by atoms with van der Waals surface area (Å²) < 4.78 is 38.1. The van der Waals surface area contributed by atoms with Gasteiger partial charge >= 0.3 is 6.18 Å². The van der Waals surface area contributed by atoms with Crippen molar-refractivity contribution in [1.82, 2.24) is 4.90 Å². The third kappa shape index (κ3) is 3.62. The molecule has 0 spiro atoms. The first kappa shape index (κ1) is 14.2. The van der Waals surface area contributed by atoms with Crippen molar-refractivity contribution in [2.75, 3.05) is 12.3 Å². The number of rotatable bonds is 3. The molecule has 1 aliphatic rings. The Bertz CT molecular complexity index is 500. The first-order valence-electron chi connectivity index (χ1n) is 5.70. The maximum atomic E-state index is 12.5. The summed E-state index contributed by atoms with van der Waals surface area (Å²) in [6.45, 7) is -1.22. The highest BCUT2D eigenvalue weighted by atomic mass is 79.9. The van der Waals surface area contributed by atoms with E-state index >= 15 is 0 Å². The number of nitrogen functional groups attached to an aromatic ring is 1. The smallest absolute Gasteiger partial charge is 0.398 e. The summed E-state index contributed by atoms with van der Waals surface area (Å²) in [4.78, 5) is 13.0. The highest BCUT2D eigenvalue weighted by Crippen LogP contribution is 2.32. The van der Waals surface area contributed by atoms with Crippen LogP contribution in [-0.2, 0) is 0 Å². The highest BCUT2D eigenvalue weighted by Gasteiger charge is 2.40. The number of hydrogen-bond donors (Lipinski definition) is 1. The van der Waals surface area contributed by atoms with Gasteiger partial charge in [0.25, 0.3) is 5.91 Å². The Morgan fingerprint density at radius 3 is 2.53 bits per heavy atom. The molecule has 2 rings (SSSR count). The average Bonchev–Trinajstić information content (AvgIpc) is 3.11. The molecule has 0 aliphatic heterocycles. The van der Waals surface area contributed by atoms with Gasteiger partial charge in [0.15, 0.2) is 0 Å². The lowest BCUT2D eigenvalue weighted by molar-refractivity contribution is -0.141. The van der Waals surface area contributed by atoms with E-state index in [-0.39, 0.29) is 11.6 Å². The Morgan fingerprint density at radius 1 is 1.42 bits per heavy atom.